The molecule has 0 saturated carbocycles. The van der Waals surface area contributed by atoms with E-state index in [-0.39, 0.29) is 29.9 Å². The summed E-state index contributed by atoms with van der Waals surface area (Å²) in [5, 5.41) is 9.23. The minimum Gasteiger partial charge on any atom is -0.385 e. The second-order valence-electron chi connectivity index (χ2n) is 5.21. The number of nitrogens with zero attached hydrogens (tertiary/aromatic N) is 1. The maximum atomic E-state index is 11.9. The van der Waals surface area contributed by atoms with E-state index in [9.17, 15) is 4.79 Å². The van der Waals surface area contributed by atoms with E-state index >= 15 is 0 Å². The van der Waals surface area contributed by atoms with Gasteiger partial charge in [-0.1, -0.05) is 0 Å². The zero-order valence-corrected chi connectivity index (χ0v) is 16.2. The summed E-state index contributed by atoms with van der Waals surface area (Å²) in [6.07, 6.45) is 0.917. The standard InChI is InChI=1S/C14H30N4O2.HI/c1-6-15-12(19)14(3,4)11-18-13(16-7-2)17-9-8-10-20-5;/h6-11H2,1-5H3,(H,15,19)(H2,16,17,18);1H. The van der Waals surface area contributed by atoms with Crippen LogP contribution in [-0.2, 0) is 9.53 Å². The molecule has 0 aromatic heterocycles. The average molecular weight is 414 g/mol. The lowest BCUT2D eigenvalue weighted by molar-refractivity contribution is -0.128. The monoisotopic (exact) mass is 414 g/mol. The highest BCUT2D eigenvalue weighted by atomic mass is 127. The molecule has 21 heavy (non-hydrogen) atoms. The normalized spacial score (nSPS) is 11.6. The van der Waals surface area contributed by atoms with Crippen molar-refractivity contribution in [3.63, 3.8) is 0 Å². The molecule has 0 aliphatic heterocycles. The van der Waals surface area contributed by atoms with E-state index in [1.54, 1.807) is 7.11 Å². The minimum atomic E-state index is -0.509. The van der Waals surface area contributed by atoms with Crippen LogP contribution in [0.4, 0.5) is 0 Å². The lowest BCUT2D eigenvalue weighted by atomic mass is 9.92. The van der Waals surface area contributed by atoms with E-state index in [1.807, 2.05) is 27.7 Å². The zero-order valence-electron chi connectivity index (χ0n) is 13.9. The van der Waals surface area contributed by atoms with Gasteiger partial charge in [-0.3, -0.25) is 9.79 Å². The second kappa shape index (κ2) is 13.1. The third kappa shape index (κ3) is 10.8. The van der Waals surface area contributed by atoms with Crippen molar-refractivity contribution in [1.29, 1.82) is 0 Å². The molecule has 0 aromatic rings. The van der Waals surface area contributed by atoms with Crippen LogP contribution in [0, 0.1) is 5.41 Å². The lowest BCUT2D eigenvalue weighted by Gasteiger charge is -2.22. The van der Waals surface area contributed by atoms with Gasteiger partial charge in [0.05, 0.1) is 12.0 Å². The number of guanidine groups is 1. The molecule has 126 valence electrons. The SMILES string of the molecule is CCNC(=O)C(C)(C)CN=C(NCC)NCCCOC.I. The summed E-state index contributed by atoms with van der Waals surface area (Å²) in [5.41, 5.74) is -0.509. The number of carbonyl (C=O) groups is 1. The Balaban J connectivity index is 0. The third-order valence-corrected chi connectivity index (χ3v) is 2.75. The molecule has 0 heterocycles. The molecule has 0 spiro atoms. The van der Waals surface area contributed by atoms with Gasteiger partial charge in [0.2, 0.25) is 5.91 Å². The van der Waals surface area contributed by atoms with Gasteiger partial charge in [-0.15, -0.1) is 24.0 Å². The summed E-state index contributed by atoms with van der Waals surface area (Å²) in [6.45, 7) is 11.1. The zero-order chi connectivity index (χ0) is 15.4. The van der Waals surface area contributed by atoms with Gasteiger partial charge in [-0.05, 0) is 34.1 Å². The van der Waals surface area contributed by atoms with Gasteiger partial charge in [0, 0.05) is 33.4 Å². The number of carbonyl (C=O) groups excluding carboxylic acids is 1. The molecule has 0 atom stereocenters. The highest BCUT2D eigenvalue weighted by Gasteiger charge is 2.26. The first kappa shape index (κ1) is 22.7. The molecular formula is C14H31IN4O2. The van der Waals surface area contributed by atoms with Gasteiger partial charge < -0.3 is 20.7 Å². The first-order valence-corrected chi connectivity index (χ1v) is 7.27. The van der Waals surface area contributed by atoms with Gasteiger partial charge in [0.15, 0.2) is 5.96 Å². The number of nitrogens with one attached hydrogen (secondary N) is 3. The van der Waals surface area contributed by atoms with Crippen LogP contribution in [-0.4, -0.2) is 51.8 Å². The van der Waals surface area contributed by atoms with Crippen molar-refractivity contribution in [2.45, 2.75) is 34.1 Å². The molecular weight excluding hydrogens is 383 g/mol. The highest BCUT2D eigenvalue weighted by Crippen LogP contribution is 2.15. The number of aliphatic imine (C=N–C) groups is 1. The van der Waals surface area contributed by atoms with Crippen molar-refractivity contribution < 1.29 is 9.53 Å². The summed E-state index contributed by atoms with van der Waals surface area (Å²) >= 11 is 0. The maximum absolute atomic E-state index is 11.9. The van der Waals surface area contributed by atoms with Gasteiger partial charge in [0.1, 0.15) is 0 Å². The first-order valence-electron chi connectivity index (χ1n) is 7.27. The van der Waals surface area contributed by atoms with Crippen LogP contribution < -0.4 is 16.0 Å². The summed E-state index contributed by atoms with van der Waals surface area (Å²) in [4.78, 5) is 16.4. The van der Waals surface area contributed by atoms with Crippen molar-refractivity contribution in [2.75, 3.05) is 39.9 Å². The average Bonchev–Trinajstić information content (AvgIpc) is 2.41. The molecule has 0 bridgehead atoms. The molecule has 0 aromatic carbocycles. The summed E-state index contributed by atoms with van der Waals surface area (Å²) < 4.78 is 5.00. The molecule has 6 nitrogen and oxygen atoms in total. The topological polar surface area (TPSA) is 74.8 Å². The molecule has 3 N–H and O–H groups in total. The van der Waals surface area contributed by atoms with E-state index in [2.05, 4.69) is 20.9 Å². The molecule has 0 fully saturated rings. The maximum Gasteiger partial charge on any atom is 0.227 e. The van der Waals surface area contributed by atoms with Crippen LogP contribution in [0.25, 0.3) is 0 Å². The van der Waals surface area contributed by atoms with Crippen LogP contribution in [0.5, 0.6) is 0 Å². The number of hydrogen-bond acceptors (Lipinski definition) is 3. The lowest BCUT2D eigenvalue weighted by Crippen LogP contribution is -2.42. The van der Waals surface area contributed by atoms with Crippen LogP contribution in [0.1, 0.15) is 34.1 Å². The van der Waals surface area contributed by atoms with Gasteiger partial charge >= 0.3 is 0 Å². The van der Waals surface area contributed by atoms with E-state index in [4.69, 9.17) is 4.74 Å². The molecule has 0 unspecified atom stereocenters. The van der Waals surface area contributed by atoms with Gasteiger partial charge in [-0.2, -0.15) is 0 Å². The molecule has 0 aliphatic rings. The summed E-state index contributed by atoms with van der Waals surface area (Å²) in [7, 11) is 1.69. The Morgan fingerprint density at radius 3 is 2.29 bits per heavy atom. The Bertz CT molecular complexity index is 309. The van der Waals surface area contributed by atoms with Crippen LogP contribution in [0.15, 0.2) is 4.99 Å². The van der Waals surface area contributed by atoms with E-state index in [0.29, 0.717) is 13.1 Å². The molecule has 1 amide bonds. The van der Waals surface area contributed by atoms with E-state index < -0.39 is 5.41 Å². The fourth-order valence-corrected chi connectivity index (χ4v) is 1.51. The summed E-state index contributed by atoms with van der Waals surface area (Å²) in [5.74, 6) is 0.764. The number of halogens is 1. The molecule has 0 aliphatic carbocycles. The van der Waals surface area contributed by atoms with Crippen molar-refractivity contribution in [3.8, 4) is 0 Å². The number of hydrogen-bond donors (Lipinski definition) is 3. The minimum absolute atomic E-state index is 0. The van der Waals surface area contributed by atoms with Crippen molar-refractivity contribution in [1.82, 2.24) is 16.0 Å². The van der Waals surface area contributed by atoms with Gasteiger partial charge in [0.25, 0.3) is 0 Å². The number of methoxy groups -OCH3 is 1. The summed E-state index contributed by atoms with van der Waals surface area (Å²) in [6, 6.07) is 0. The molecule has 0 rings (SSSR count). The Kier molecular flexibility index (Phi) is 14.2. The smallest absolute Gasteiger partial charge is 0.227 e. The molecule has 0 saturated heterocycles. The second-order valence-corrected chi connectivity index (χ2v) is 5.21. The predicted molar refractivity (Wildman–Crippen MR) is 98.4 cm³/mol. The fourth-order valence-electron chi connectivity index (χ4n) is 1.51. The number of ether oxygens (including phenoxy) is 1. The highest BCUT2D eigenvalue weighted by molar-refractivity contribution is 14.0. The van der Waals surface area contributed by atoms with Crippen LogP contribution in [0.3, 0.4) is 0 Å². The number of rotatable bonds is 9. The van der Waals surface area contributed by atoms with Crippen LogP contribution in [0.2, 0.25) is 0 Å². The predicted octanol–water partition coefficient (Wildman–Crippen LogP) is 1.36. The number of amides is 1. The van der Waals surface area contributed by atoms with Crippen molar-refractivity contribution in [2.24, 2.45) is 10.4 Å². The van der Waals surface area contributed by atoms with Gasteiger partial charge in [-0.25, -0.2) is 0 Å². The van der Waals surface area contributed by atoms with Crippen molar-refractivity contribution >= 4 is 35.8 Å². The quantitative estimate of drug-likeness (QED) is 0.231. The molecule has 0 radical (unpaired) electrons. The Hall–Kier alpha value is -0.570. The Morgan fingerprint density at radius 1 is 1.14 bits per heavy atom. The third-order valence-electron chi connectivity index (χ3n) is 2.75. The Labute approximate surface area is 145 Å². The van der Waals surface area contributed by atoms with Crippen molar-refractivity contribution in [3.05, 3.63) is 0 Å². The van der Waals surface area contributed by atoms with E-state index in [0.717, 1.165) is 32.1 Å². The fraction of sp³-hybridized carbons (Fsp3) is 0.857. The van der Waals surface area contributed by atoms with E-state index in [1.165, 1.54) is 0 Å². The largest absolute Gasteiger partial charge is 0.385 e. The van der Waals surface area contributed by atoms with Crippen LogP contribution >= 0.6 is 24.0 Å². The first-order chi connectivity index (χ1) is 9.47. The Morgan fingerprint density at radius 2 is 1.76 bits per heavy atom. The molecule has 7 heteroatoms.